The first-order valence-electron chi connectivity index (χ1n) is 7.82. The molecular formula is C12H26O16S. The predicted molar refractivity (Wildman–Crippen MR) is 86.1 cm³/mol. The Hall–Kier alpha value is -0.610. The second kappa shape index (κ2) is 12.3. The van der Waals surface area contributed by atoms with Crippen LogP contribution in [-0.2, 0) is 19.9 Å². The Kier molecular flexibility index (Phi) is 12.0. The van der Waals surface area contributed by atoms with Crippen molar-refractivity contribution in [3.05, 3.63) is 0 Å². The summed E-state index contributed by atoms with van der Waals surface area (Å²) in [5.74, 6) is 0. The van der Waals surface area contributed by atoms with Gasteiger partial charge in [-0.15, -0.1) is 0 Å². The van der Waals surface area contributed by atoms with Gasteiger partial charge in [-0.25, -0.2) is 0 Å². The molecule has 0 saturated carbocycles. The van der Waals surface area contributed by atoms with E-state index in [1.165, 1.54) is 0 Å². The molecule has 0 unspecified atom stereocenters. The second-order valence-corrected chi connectivity index (χ2v) is 6.78. The fraction of sp³-hybridized carbons (Fsp3) is 1.00. The van der Waals surface area contributed by atoms with Crippen LogP contribution in [0.15, 0.2) is 0 Å². The van der Waals surface area contributed by atoms with E-state index in [1.54, 1.807) is 0 Å². The van der Waals surface area contributed by atoms with Crippen LogP contribution < -0.4 is 0 Å². The Morgan fingerprint density at radius 1 is 0.552 bits per heavy atom. The summed E-state index contributed by atoms with van der Waals surface area (Å²) in [7, 11) is -4.67. The molecule has 16 nitrogen and oxygen atoms in total. The minimum Gasteiger partial charge on any atom is -0.394 e. The van der Waals surface area contributed by atoms with Gasteiger partial charge in [0, 0.05) is 0 Å². The fourth-order valence-corrected chi connectivity index (χ4v) is 2.16. The van der Waals surface area contributed by atoms with E-state index in [2.05, 4.69) is 9.47 Å². The van der Waals surface area contributed by atoms with Crippen LogP contribution in [-0.4, -0.2) is 143 Å². The summed E-state index contributed by atoms with van der Waals surface area (Å²) in [6.45, 7) is -1.05. The van der Waals surface area contributed by atoms with E-state index in [4.69, 9.17) is 68.6 Å². The zero-order chi connectivity index (χ0) is 23.1. The Bertz CT molecular complexity index is 507. The molecule has 2 heterocycles. The van der Waals surface area contributed by atoms with Crippen LogP contribution in [0.2, 0.25) is 0 Å². The van der Waals surface area contributed by atoms with Gasteiger partial charge in [-0.1, -0.05) is 0 Å². The average Bonchev–Trinajstić information content (AvgIpc) is 2.63. The van der Waals surface area contributed by atoms with Crippen LogP contribution >= 0.6 is 0 Å². The van der Waals surface area contributed by atoms with Crippen molar-refractivity contribution in [2.75, 3.05) is 13.2 Å². The van der Waals surface area contributed by atoms with Crippen molar-refractivity contribution in [2.24, 2.45) is 0 Å². The lowest BCUT2D eigenvalue weighted by Crippen LogP contribution is -2.58. The van der Waals surface area contributed by atoms with E-state index in [0.29, 0.717) is 0 Å². The van der Waals surface area contributed by atoms with Gasteiger partial charge in [-0.05, 0) is 0 Å². The first-order chi connectivity index (χ1) is 13.1. The molecule has 0 radical (unpaired) electrons. The number of aliphatic hydroxyl groups excluding tert-OH is 10. The lowest BCUT2D eigenvalue weighted by atomic mass is 10.00. The van der Waals surface area contributed by atoms with E-state index in [0.717, 1.165) is 0 Å². The molecule has 2 rings (SSSR count). The molecule has 0 aliphatic carbocycles. The van der Waals surface area contributed by atoms with Gasteiger partial charge < -0.3 is 60.5 Å². The monoisotopic (exact) mass is 458 g/mol. The smallest absolute Gasteiger partial charge is 0.394 e. The zero-order valence-corrected chi connectivity index (χ0v) is 15.4. The van der Waals surface area contributed by atoms with Gasteiger partial charge in [-0.3, -0.25) is 9.11 Å². The van der Waals surface area contributed by atoms with Crippen molar-refractivity contribution in [1.82, 2.24) is 0 Å². The lowest BCUT2D eigenvalue weighted by Gasteiger charge is -2.37. The molecule has 0 bridgehead atoms. The Morgan fingerprint density at radius 2 is 0.793 bits per heavy atom. The summed E-state index contributed by atoms with van der Waals surface area (Å²) in [6.07, 6.45) is -14.1. The Morgan fingerprint density at radius 3 is 1.00 bits per heavy atom. The molecule has 0 spiro atoms. The van der Waals surface area contributed by atoms with Crippen molar-refractivity contribution in [3.63, 3.8) is 0 Å². The van der Waals surface area contributed by atoms with Crippen molar-refractivity contribution in [2.45, 2.75) is 61.4 Å². The SMILES string of the molecule is O=S(=O)(O)O.OC[C@H]1O[C@@H](O)[C@H](O)[C@@H](O)[C@@H]1O.OC[C@H]1O[C@@H](O)[C@H](O)[C@@H](O)[C@@H]1O. The number of aliphatic hydroxyl groups is 10. The minimum atomic E-state index is -4.67. The summed E-state index contributed by atoms with van der Waals surface area (Å²) >= 11 is 0. The van der Waals surface area contributed by atoms with Crippen LogP contribution in [0.25, 0.3) is 0 Å². The quantitative estimate of drug-likeness (QED) is 0.171. The molecule has 2 saturated heterocycles. The van der Waals surface area contributed by atoms with Crippen LogP contribution in [0.1, 0.15) is 0 Å². The van der Waals surface area contributed by atoms with E-state index >= 15 is 0 Å². The number of hydrogen-bond acceptors (Lipinski definition) is 14. The van der Waals surface area contributed by atoms with Crippen molar-refractivity contribution >= 4 is 10.4 Å². The van der Waals surface area contributed by atoms with E-state index in [1.807, 2.05) is 0 Å². The highest BCUT2D eigenvalue weighted by molar-refractivity contribution is 7.79. The molecule has 176 valence electrons. The first-order valence-corrected chi connectivity index (χ1v) is 9.22. The molecule has 0 aromatic rings. The lowest BCUT2D eigenvalue weighted by molar-refractivity contribution is -0.286. The molecule has 0 aromatic carbocycles. The third-order valence-electron chi connectivity index (χ3n) is 3.73. The topological polar surface area (TPSA) is 295 Å². The highest BCUT2D eigenvalue weighted by atomic mass is 32.3. The van der Waals surface area contributed by atoms with Crippen LogP contribution in [0.3, 0.4) is 0 Å². The Labute approximate surface area is 164 Å². The largest absolute Gasteiger partial charge is 0.394 e. The minimum absolute atomic E-state index is 0.526. The molecule has 0 aromatic heterocycles. The van der Waals surface area contributed by atoms with Crippen LogP contribution in [0, 0.1) is 0 Å². The fourth-order valence-electron chi connectivity index (χ4n) is 2.16. The molecule has 29 heavy (non-hydrogen) atoms. The molecule has 12 N–H and O–H groups in total. The number of ether oxygens (including phenoxy) is 2. The number of hydrogen-bond donors (Lipinski definition) is 12. The van der Waals surface area contributed by atoms with Gasteiger partial charge in [0.05, 0.1) is 13.2 Å². The Balaban J connectivity index is 0.000000442. The summed E-state index contributed by atoms with van der Waals surface area (Å²) in [6, 6.07) is 0. The predicted octanol–water partition coefficient (Wildman–Crippen LogP) is -7.10. The van der Waals surface area contributed by atoms with Crippen molar-refractivity contribution < 1.29 is 78.1 Å². The highest BCUT2D eigenvalue weighted by Crippen LogP contribution is 2.19. The number of rotatable bonds is 2. The molecule has 2 fully saturated rings. The maximum Gasteiger partial charge on any atom is 0.394 e. The van der Waals surface area contributed by atoms with Crippen LogP contribution in [0.5, 0.6) is 0 Å². The van der Waals surface area contributed by atoms with Gasteiger partial charge >= 0.3 is 10.4 Å². The third kappa shape index (κ3) is 9.38. The standard InChI is InChI=1S/2C6H12O6.H2O4S/c2*7-1-2-3(8)4(9)5(10)6(11)12-2;1-5(2,3)4/h2*2-11H,1H2;(H2,1,2,3,4)/t2*2-,3-,4+,5-,6-;/m11./s1. The highest BCUT2D eigenvalue weighted by Gasteiger charge is 2.43. The molecular weight excluding hydrogens is 432 g/mol. The maximum absolute atomic E-state index is 9.12. The van der Waals surface area contributed by atoms with Gasteiger partial charge in [0.15, 0.2) is 12.6 Å². The molecule has 2 aliphatic rings. The summed E-state index contributed by atoms with van der Waals surface area (Å²) in [4.78, 5) is 0. The van der Waals surface area contributed by atoms with E-state index < -0.39 is 85.0 Å². The van der Waals surface area contributed by atoms with Crippen LogP contribution in [0.4, 0.5) is 0 Å². The van der Waals surface area contributed by atoms with Crippen molar-refractivity contribution in [1.29, 1.82) is 0 Å². The maximum atomic E-state index is 9.12. The summed E-state index contributed by atoms with van der Waals surface area (Å²) in [5.41, 5.74) is 0. The van der Waals surface area contributed by atoms with Gasteiger partial charge in [0.2, 0.25) is 0 Å². The molecule has 0 amide bonds. The van der Waals surface area contributed by atoms with Crippen molar-refractivity contribution in [3.8, 4) is 0 Å². The van der Waals surface area contributed by atoms with Gasteiger partial charge in [0.25, 0.3) is 0 Å². The second-order valence-electron chi connectivity index (χ2n) is 5.89. The normalized spacial score (nSPS) is 42.8. The van der Waals surface area contributed by atoms with E-state index in [-0.39, 0.29) is 0 Å². The summed E-state index contributed by atoms with van der Waals surface area (Å²) in [5, 5.41) is 89.3. The zero-order valence-electron chi connectivity index (χ0n) is 14.6. The summed E-state index contributed by atoms with van der Waals surface area (Å²) < 4.78 is 40.7. The first kappa shape index (κ1) is 28.4. The molecule has 10 atom stereocenters. The van der Waals surface area contributed by atoms with Gasteiger partial charge in [0.1, 0.15) is 48.8 Å². The average molecular weight is 458 g/mol. The molecule has 2 aliphatic heterocycles. The third-order valence-corrected chi connectivity index (χ3v) is 3.73. The van der Waals surface area contributed by atoms with E-state index in [9.17, 15) is 0 Å². The van der Waals surface area contributed by atoms with Gasteiger partial charge in [-0.2, -0.15) is 8.42 Å². The molecule has 17 heteroatoms.